The van der Waals surface area contributed by atoms with Crippen molar-refractivity contribution in [2.24, 2.45) is 5.73 Å². The predicted octanol–water partition coefficient (Wildman–Crippen LogP) is 3.90. The molecule has 0 aliphatic carbocycles. The van der Waals surface area contributed by atoms with Crippen molar-refractivity contribution in [3.05, 3.63) is 51.0 Å². The van der Waals surface area contributed by atoms with E-state index in [1.807, 2.05) is 36.6 Å². The molecule has 1 unspecified atom stereocenters. The minimum absolute atomic E-state index is 0.303. The smallest absolute Gasteiger partial charge is 0.152 e. The maximum absolute atomic E-state index is 6.16. The van der Waals surface area contributed by atoms with E-state index in [-0.39, 0.29) is 6.04 Å². The average Bonchev–Trinajstić information content (AvgIpc) is 2.93. The zero-order valence-electron chi connectivity index (χ0n) is 9.68. The standard InChI is InChI=1S/C13H11ClN2OS/c1-7-2-3-10-9(16-7)5-11(17-10)13(15)8-4-12(14)18-6-8/h2-6,13H,15H2,1H3. The van der Waals surface area contributed by atoms with Crippen LogP contribution in [0.15, 0.2) is 34.1 Å². The van der Waals surface area contributed by atoms with Crippen molar-refractivity contribution < 1.29 is 4.42 Å². The maximum atomic E-state index is 6.16. The lowest BCUT2D eigenvalue weighted by atomic mass is 10.1. The highest BCUT2D eigenvalue weighted by Gasteiger charge is 2.16. The fraction of sp³-hybridized carbons (Fsp3) is 0.154. The minimum Gasteiger partial charge on any atom is -0.457 e. The van der Waals surface area contributed by atoms with Gasteiger partial charge in [-0.3, -0.25) is 0 Å². The van der Waals surface area contributed by atoms with Gasteiger partial charge >= 0.3 is 0 Å². The van der Waals surface area contributed by atoms with Crippen LogP contribution in [0.1, 0.15) is 23.1 Å². The van der Waals surface area contributed by atoms with E-state index in [1.54, 1.807) is 0 Å². The number of aryl methyl sites for hydroxylation is 1. The molecule has 5 heteroatoms. The average molecular weight is 279 g/mol. The Bertz CT molecular complexity index is 704. The molecule has 0 radical (unpaired) electrons. The minimum atomic E-state index is -0.303. The number of aromatic nitrogens is 1. The summed E-state index contributed by atoms with van der Waals surface area (Å²) in [5, 5.41) is 1.94. The van der Waals surface area contributed by atoms with Gasteiger partial charge in [-0.15, -0.1) is 11.3 Å². The van der Waals surface area contributed by atoms with Crippen LogP contribution in [0.2, 0.25) is 4.34 Å². The van der Waals surface area contributed by atoms with E-state index < -0.39 is 0 Å². The van der Waals surface area contributed by atoms with Crippen LogP contribution in [0.3, 0.4) is 0 Å². The van der Waals surface area contributed by atoms with E-state index in [4.69, 9.17) is 21.8 Å². The largest absolute Gasteiger partial charge is 0.457 e. The lowest BCUT2D eigenvalue weighted by Crippen LogP contribution is -2.09. The summed E-state index contributed by atoms with van der Waals surface area (Å²) in [6.45, 7) is 1.95. The Balaban J connectivity index is 2.03. The van der Waals surface area contributed by atoms with Gasteiger partial charge in [-0.05, 0) is 36.1 Å². The lowest BCUT2D eigenvalue weighted by Gasteiger charge is -2.04. The highest BCUT2D eigenvalue weighted by atomic mass is 35.5. The highest BCUT2D eigenvalue weighted by molar-refractivity contribution is 7.14. The van der Waals surface area contributed by atoms with Crippen LogP contribution in [0.5, 0.6) is 0 Å². The van der Waals surface area contributed by atoms with Gasteiger partial charge < -0.3 is 10.2 Å². The number of rotatable bonds is 2. The monoisotopic (exact) mass is 278 g/mol. The summed E-state index contributed by atoms with van der Waals surface area (Å²) in [6.07, 6.45) is 0. The molecule has 3 aromatic rings. The van der Waals surface area contributed by atoms with Crippen molar-refractivity contribution in [3.63, 3.8) is 0 Å². The molecule has 0 fully saturated rings. The number of furan rings is 1. The topological polar surface area (TPSA) is 52.0 Å². The van der Waals surface area contributed by atoms with E-state index in [0.717, 1.165) is 26.7 Å². The van der Waals surface area contributed by atoms with Gasteiger partial charge in [0.2, 0.25) is 0 Å². The molecule has 0 amide bonds. The molecule has 0 bridgehead atoms. The Labute approximate surface area is 113 Å². The number of thiophene rings is 1. The Morgan fingerprint density at radius 1 is 1.39 bits per heavy atom. The van der Waals surface area contributed by atoms with Gasteiger partial charge in [0.1, 0.15) is 11.3 Å². The molecule has 1 atom stereocenters. The molecular formula is C13H11ClN2OS. The molecule has 0 aromatic carbocycles. The quantitative estimate of drug-likeness (QED) is 0.773. The summed E-state index contributed by atoms with van der Waals surface area (Å²) in [7, 11) is 0. The zero-order chi connectivity index (χ0) is 12.7. The molecule has 3 nitrogen and oxygen atoms in total. The fourth-order valence-electron chi connectivity index (χ4n) is 1.85. The normalized spacial score (nSPS) is 13.1. The molecule has 2 N–H and O–H groups in total. The second-order valence-corrected chi connectivity index (χ2v) is 5.69. The number of hydrogen-bond donors (Lipinski definition) is 1. The van der Waals surface area contributed by atoms with Crippen LogP contribution in [0.25, 0.3) is 11.1 Å². The molecule has 0 saturated heterocycles. The lowest BCUT2D eigenvalue weighted by molar-refractivity contribution is 0.525. The number of halogens is 1. The van der Waals surface area contributed by atoms with Gasteiger partial charge in [0.15, 0.2) is 5.58 Å². The molecule has 92 valence electrons. The van der Waals surface area contributed by atoms with E-state index >= 15 is 0 Å². The van der Waals surface area contributed by atoms with Gasteiger partial charge in [-0.25, -0.2) is 4.98 Å². The van der Waals surface area contributed by atoms with Crippen molar-refractivity contribution in [1.29, 1.82) is 0 Å². The predicted molar refractivity (Wildman–Crippen MR) is 74.1 cm³/mol. The van der Waals surface area contributed by atoms with Gasteiger partial charge in [0, 0.05) is 11.8 Å². The molecule has 0 saturated carbocycles. The Hall–Kier alpha value is -1.36. The highest BCUT2D eigenvalue weighted by Crippen LogP contribution is 2.30. The van der Waals surface area contributed by atoms with Crippen LogP contribution in [0, 0.1) is 6.92 Å². The molecule has 3 heterocycles. The summed E-state index contributed by atoms with van der Waals surface area (Å²) in [6, 6.07) is 7.28. The molecular weight excluding hydrogens is 268 g/mol. The van der Waals surface area contributed by atoms with Gasteiger partial charge in [0.25, 0.3) is 0 Å². The Morgan fingerprint density at radius 3 is 2.94 bits per heavy atom. The molecule has 0 aliphatic rings. The molecule has 18 heavy (non-hydrogen) atoms. The summed E-state index contributed by atoms with van der Waals surface area (Å²) < 4.78 is 6.45. The van der Waals surface area contributed by atoms with Crippen molar-refractivity contribution >= 4 is 34.0 Å². The third-order valence-corrected chi connectivity index (χ3v) is 3.89. The van der Waals surface area contributed by atoms with Crippen LogP contribution in [0.4, 0.5) is 0 Å². The van der Waals surface area contributed by atoms with Gasteiger partial charge in [-0.2, -0.15) is 0 Å². The van der Waals surface area contributed by atoms with Crippen LogP contribution < -0.4 is 5.73 Å². The van der Waals surface area contributed by atoms with E-state index in [9.17, 15) is 0 Å². The van der Waals surface area contributed by atoms with Gasteiger partial charge in [0.05, 0.1) is 10.4 Å². The second-order valence-electron chi connectivity index (χ2n) is 4.15. The molecule has 3 rings (SSSR count). The number of pyridine rings is 1. The number of fused-ring (bicyclic) bond motifs is 1. The summed E-state index contributed by atoms with van der Waals surface area (Å²) in [4.78, 5) is 4.40. The first-order valence-corrected chi connectivity index (χ1v) is 6.76. The first-order chi connectivity index (χ1) is 8.63. The maximum Gasteiger partial charge on any atom is 0.152 e. The second kappa shape index (κ2) is 4.39. The summed E-state index contributed by atoms with van der Waals surface area (Å²) in [5.74, 6) is 0.706. The van der Waals surface area contributed by atoms with Crippen LogP contribution in [-0.4, -0.2) is 4.98 Å². The van der Waals surface area contributed by atoms with Crippen LogP contribution in [-0.2, 0) is 0 Å². The van der Waals surface area contributed by atoms with Crippen molar-refractivity contribution in [3.8, 4) is 0 Å². The van der Waals surface area contributed by atoms with Crippen molar-refractivity contribution in [1.82, 2.24) is 4.98 Å². The fourth-order valence-corrected chi connectivity index (χ4v) is 2.78. The molecule has 0 spiro atoms. The van der Waals surface area contributed by atoms with Crippen molar-refractivity contribution in [2.45, 2.75) is 13.0 Å². The number of nitrogens with zero attached hydrogens (tertiary/aromatic N) is 1. The van der Waals surface area contributed by atoms with Crippen molar-refractivity contribution in [2.75, 3.05) is 0 Å². The van der Waals surface area contributed by atoms with Gasteiger partial charge in [-0.1, -0.05) is 11.6 Å². The number of hydrogen-bond acceptors (Lipinski definition) is 4. The third kappa shape index (κ3) is 2.03. The summed E-state index contributed by atoms with van der Waals surface area (Å²) >= 11 is 7.38. The van der Waals surface area contributed by atoms with Crippen LogP contribution >= 0.6 is 22.9 Å². The molecule has 3 aromatic heterocycles. The van der Waals surface area contributed by atoms with E-state index in [0.29, 0.717) is 5.76 Å². The summed E-state index contributed by atoms with van der Waals surface area (Å²) in [5.41, 5.74) is 9.67. The first kappa shape index (κ1) is 11.7. The number of nitrogens with two attached hydrogens (primary N) is 1. The van der Waals surface area contributed by atoms with E-state index in [1.165, 1.54) is 11.3 Å². The first-order valence-electron chi connectivity index (χ1n) is 5.50. The third-order valence-electron chi connectivity index (χ3n) is 2.79. The van der Waals surface area contributed by atoms with E-state index in [2.05, 4.69) is 4.98 Å². The Kier molecular flexibility index (Phi) is 2.86. The Morgan fingerprint density at radius 2 is 2.22 bits per heavy atom. The zero-order valence-corrected chi connectivity index (χ0v) is 11.3. The SMILES string of the molecule is Cc1ccc2oc(C(N)c3csc(Cl)c3)cc2n1. The molecule has 0 aliphatic heterocycles.